The summed E-state index contributed by atoms with van der Waals surface area (Å²) in [5.41, 5.74) is 1.62. The average Bonchev–Trinajstić information content (AvgIpc) is 2.76. The van der Waals surface area contributed by atoms with Crippen LogP contribution in [-0.4, -0.2) is 19.7 Å². The lowest BCUT2D eigenvalue weighted by atomic mass is 10.1. The first-order chi connectivity index (χ1) is 9.04. The predicted molar refractivity (Wildman–Crippen MR) is 77.7 cm³/mol. The molecule has 102 valence electrons. The van der Waals surface area contributed by atoms with Crippen molar-refractivity contribution in [1.29, 1.82) is 0 Å². The van der Waals surface area contributed by atoms with Crippen molar-refractivity contribution in [2.75, 3.05) is 0 Å². The van der Waals surface area contributed by atoms with Gasteiger partial charge in [0.15, 0.2) is 5.82 Å². The molecule has 0 amide bonds. The van der Waals surface area contributed by atoms with Crippen molar-refractivity contribution >= 4 is 23.2 Å². The van der Waals surface area contributed by atoms with E-state index < -0.39 is 0 Å². The van der Waals surface area contributed by atoms with Gasteiger partial charge in [-0.25, -0.2) is 9.97 Å². The zero-order chi connectivity index (χ0) is 14.0. The number of halogens is 2. The Balaban J connectivity index is 2.49. The topological polar surface area (TPSA) is 43.6 Å². The third-order valence-electron chi connectivity index (χ3n) is 2.81. The van der Waals surface area contributed by atoms with Crippen molar-refractivity contribution in [2.45, 2.75) is 39.7 Å². The monoisotopic (exact) mass is 298 g/mol. The Morgan fingerprint density at radius 3 is 2.37 bits per heavy atom. The van der Waals surface area contributed by atoms with Gasteiger partial charge < -0.3 is 0 Å². The second-order valence-corrected chi connectivity index (χ2v) is 5.35. The molecule has 0 fully saturated rings. The maximum Gasteiger partial charge on any atom is 0.180 e. The van der Waals surface area contributed by atoms with Gasteiger partial charge in [-0.2, -0.15) is 5.10 Å². The smallest absolute Gasteiger partial charge is 0.180 e. The second-order valence-electron chi connectivity index (χ2n) is 4.64. The third kappa shape index (κ3) is 2.90. The van der Waals surface area contributed by atoms with Gasteiger partial charge in [-0.05, 0) is 18.4 Å². The van der Waals surface area contributed by atoms with Crippen molar-refractivity contribution in [3.63, 3.8) is 0 Å². The highest BCUT2D eigenvalue weighted by molar-refractivity contribution is 6.34. The standard InChI is InChI=1S/C13H16Cl2N4/c1-4-7-19-9(5-6-16-19)13-17-11(14)10(8(2)3)12(15)18-13/h5-6,8H,4,7H2,1-3H3. The molecule has 2 rings (SSSR count). The Labute approximate surface area is 122 Å². The van der Waals surface area contributed by atoms with Crippen LogP contribution in [0.1, 0.15) is 38.7 Å². The number of aryl methyl sites for hydroxylation is 1. The molecule has 0 saturated carbocycles. The van der Waals surface area contributed by atoms with Gasteiger partial charge in [0.05, 0.1) is 0 Å². The highest BCUT2D eigenvalue weighted by atomic mass is 35.5. The van der Waals surface area contributed by atoms with E-state index in [0.29, 0.717) is 16.1 Å². The minimum absolute atomic E-state index is 0.189. The molecule has 2 aromatic rings. The van der Waals surface area contributed by atoms with Gasteiger partial charge >= 0.3 is 0 Å². The number of rotatable bonds is 4. The van der Waals surface area contributed by atoms with E-state index in [1.807, 2.05) is 24.6 Å². The molecule has 4 nitrogen and oxygen atoms in total. The van der Waals surface area contributed by atoms with Crippen LogP contribution in [0.4, 0.5) is 0 Å². The molecule has 0 bridgehead atoms. The Bertz CT molecular complexity index is 555. The molecule has 0 aliphatic rings. The van der Waals surface area contributed by atoms with Gasteiger partial charge in [0.1, 0.15) is 16.0 Å². The number of nitrogens with zero attached hydrogens (tertiary/aromatic N) is 4. The first-order valence-corrected chi connectivity index (χ1v) is 7.05. The first-order valence-electron chi connectivity index (χ1n) is 6.29. The second kappa shape index (κ2) is 5.88. The van der Waals surface area contributed by atoms with E-state index >= 15 is 0 Å². The molecule has 0 unspecified atom stereocenters. The summed E-state index contributed by atoms with van der Waals surface area (Å²) in [7, 11) is 0. The van der Waals surface area contributed by atoms with Crippen LogP contribution in [0.5, 0.6) is 0 Å². The number of aromatic nitrogens is 4. The molecule has 0 spiro atoms. The van der Waals surface area contributed by atoms with Crippen molar-refractivity contribution < 1.29 is 0 Å². The van der Waals surface area contributed by atoms with Gasteiger partial charge in [0, 0.05) is 18.3 Å². The predicted octanol–water partition coefficient (Wildman–Crippen LogP) is 4.18. The molecular weight excluding hydrogens is 283 g/mol. The van der Waals surface area contributed by atoms with Crippen LogP contribution in [0.15, 0.2) is 12.3 Å². The zero-order valence-electron chi connectivity index (χ0n) is 11.2. The van der Waals surface area contributed by atoms with Crippen molar-refractivity contribution in [3.8, 4) is 11.5 Å². The molecule has 2 heterocycles. The minimum Gasteiger partial charge on any atom is -0.262 e. The van der Waals surface area contributed by atoms with Crippen molar-refractivity contribution in [3.05, 3.63) is 28.1 Å². The summed E-state index contributed by atoms with van der Waals surface area (Å²) in [6, 6.07) is 1.87. The van der Waals surface area contributed by atoms with Crippen LogP contribution < -0.4 is 0 Å². The van der Waals surface area contributed by atoms with Crippen LogP contribution >= 0.6 is 23.2 Å². The third-order valence-corrected chi connectivity index (χ3v) is 3.39. The Hall–Kier alpha value is -1.13. The molecule has 0 aliphatic heterocycles. The minimum atomic E-state index is 0.189. The summed E-state index contributed by atoms with van der Waals surface area (Å²) in [6.07, 6.45) is 2.72. The van der Waals surface area contributed by atoms with E-state index in [-0.39, 0.29) is 5.92 Å². The van der Waals surface area contributed by atoms with E-state index in [2.05, 4.69) is 22.0 Å². The van der Waals surface area contributed by atoms with Crippen LogP contribution in [0.25, 0.3) is 11.5 Å². The molecule has 0 aromatic carbocycles. The fraction of sp³-hybridized carbons (Fsp3) is 0.462. The zero-order valence-corrected chi connectivity index (χ0v) is 12.7. The molecule has 0 aliphatic carbocycles. The van der Waals surface area contributed by atoms with E-state index in [1.165, 1.54) is 0 Å². The van der Waals surface area contributed by atoms with Crippen LogP contribution in [-0.2, 0) is 6.54 Å². The maximum atomic E-state index is 6.21. The quantitative estimate of drug-likeness (QED) is 0.795. The lowest BCUT2D eigenvalue weighted by molar-refractivity contribution is 0.606. The Kier molecular flexibility index (Phi) is 4.42. The molecule has 0 radical (unpaired) electrons. The van der Waals surface area contributed by atoms with Gasteiger partial charge in [0.2, 0.25) is 0 Å². The Morgan fingerprint density at radius 2 is 1.84 bits per heavy atom. The molecule has 0 N–H and O–H groups in total. The molecule has 6 heteroatoms. The lowest BCUT2D eigenvalue weighted by Crippen LogP contribution is -2.05. The van der Waals surface area contributed by atoms with Crippen LogP contribution in [0, 0.1) is 0 Å². The first kappa shape index (κ1) is 14.3. The molecular formula is C13H16Cl2N4. The summed E-state index contributed by atoms with van der Waals surface area (Å²) < 4.78 is 1.86. The van der Waals surface area contributed by atoms with Gasteiger partial charge in [0.25, 0.3) is 0 Å². The van der Waals surface area contributed by atoms with E-state index in [0.717, 1.165) is 24.2 Å². The van der Waals surface area contributed by atoms with E-state index in [9.17, 15) is 0 Å². The molecule has 2 aromatic heterocycles. The van der Waals surface area contributed by atoms with Gasteiger partial charge in [-0.1, -0.05) is 44.0 Å². The Morgan fingerprint density at radius 1 is 1.21 bits per heavy atom. The molecule has 0 atom stereocenters. The van der Waals surface area contributed by atoms with Crippen molar-refractivity contribution in [1.82, 2.24) is 19.7 Å². The van der Waals surface area contributed by atoms with Gasteiger partial charge in [-0.3, -0.25) is 4.68 Å². The summed E-state index contributed by atoms with van der Waals surface area (Å²) in [6.45, 7) is 6.93. The van der Waals surface area contributed by atoms with E-state index in [4.69, 9.17) is 23.2 Å². The highest BCUT2D eigenvalue weighted by Gasteiger charge is 2.17. The fourth-order valence-corrected chi connectivity index (χ4v) is 2.74. The summed E-state index contributed by atoms with van der Waals surface area (Å²) in [4.78, 5) is 8.70. The summed E-state index contributed by atoms with van der Waals surface area (Å²) in [5.74, 6) is 0.708. The largest absolute Gasteiger partial charge is 0.262 e. The van der Waals surface area contributed by atoms with Crippen molar-refractivity contribution in [2.24, 2.45) is 0 Å². The number of hydrogen-bond donors (Lipinski definition) is 0. The SMILES string of the molecule is CCCn1nccc1-c1nc(Cl)c(C(C)C)c(Cl)n1. The van der Waals surface area contributed by atoms with E-state index in [1.54, 1.807) is 6.20 Å². The number of hydrogen-bond acceptors (Lipinski definition) is 3. The normalized spacial score (nSPS) is 11.3. The fourth-order valence-electron chi connectivity index (χ4n) is 1.92. The summed E-state index contributed by atoms with van der Waals surface area (Å²) >= 11 is 12.4. The van der Waals surface area contributed by atoms with Gasteiger partial charge in [-0.15, -0.1) is 0 Å². The van der Waals surface area contributed by atoms with Crippen LogP contribution in [0.3, 0.4) is 0 Å². The molecule has 0 saturated heterocycles. The van der Waals surface area contributed by atoms with Crippen LogP contribution in [0.2, 0.25) is 10.3 Å². The maximum absolute atomic E-state index is 6.21. The average molecular weight is 299 g/mol. The highest BCUT2D eigenvalue weighted by Crippen LogP contribution is 2.30. The summed E-state index contributed by atoms with van der Waals surface area (Å²) in [5, 5.41) is 5.07. The lowest BCUT2D eigenvalue weighted by Gasteiger charge is -2.11. The molecule has 19 heavy (non-hydrogen) atoms.